The molecule has 1 N–H and O–H groups in total. The van der Waals surface area contributed by atoms with Gasteiger partial charge in [0.2, 0.25) is 0 Å². The van der Waals surface area contributed by atoms with Gasteiger partial charge in [-0.2, -0.15) is 0 Å². The quantitative estimate of drug-likeness (QED) is 0.856. The number of aromatic hydroxyl groups is 1. The lowest BCUT2D eigenvalue weighted by Crippen LogP contribution is -2.46. The van der Waals surface area contributed by atoms with Crippen LogP contribution < -0.4 is 4.74 Å². The molecule has 0 aliphatic heterocycles. The number of methoxy groups -OCH3 is 1. The Morgan fingerprint density at radius 3 is 2.61 bits per heavy atom. The molecular formula is C13H18ClNO3. The molecule has 100 valence electrons. The zero-order valence-electron chi connectivity index (χ0n) is 11.0. The highest BCUT2D eigenvalue weighted by molar-refractivity contribution is 6.18. The molecule has 0 bridgehead atoms. The third-order valence-corrected chi connectivity index (χ3v) is 3.63. The molecule has 5 heteroatoms. The lowest BCUT2D eigenvalue weighted by atomic mass is 10.0. The lowest BCUT2D eigenvalue weighted by Gasteiger charge is -2.34. The number of phenols is 1. The van der Waals surface area contributed by atoms with E-state index in [4.69, 9.17) is 16.3 Å². The van der Waals surface area contributed by atoms with Gasteiger partial charge in [0.1, 0.15) is 11.5 Å². The molecule has 1 rings (SSSR count). The molecule has 1 amide bonds. The topological polar surface area (TPSA) is 49.8 Å². The first-order chi connectivity index (χ1) is 8.33. The standard InChI is InChI=1S/C13H18ClNO3/c1-13(2,8-14)15(3)12(17)10-7-9(18-4)5-6-11(10)16/h5-7,16H,8H2,1-4H3. The highest BCUT2D eigenvalue weighted by Crippen LogP contribution is 2.26. The van der Waals surface area contributed by atoms with Gasteiger partial charge in [-0.1, -0.05) is 0 Å². The van der Waals surface area contributed by atoms with Crippen LogP contribution in [0.3, 0.4) is 0 Å². The number of hydrogen-bond acceptors (Lipinski definition) is 3. The summed E-state index contributed by atoms with van der Waals surface area (Å²) in [6.45, 7) is 3.71. The zero-order valence-corrected chi connectivity index (χ0v) is 11.8. The smallest absolute Gasteiger partial charge is 0.257 e. The third-order valence-electron chi connectivity index (χ3n) is 2.97. The van der Waals surface area contributed by atoms with Crippen molar-refractivity contribution in [1.29, 1.82) is 0 Å². The second-order valence-corrected chi connectivity index (χ2v) is 4.96. The number of hydrogen-bond donors (Lipinski definition) is 1. The van der Waals surface area contributed by atoms with E-state index in [9.17, 15) is 9.90 Å². The van der Waals surface area contributed by atoms with Gasteiger partial charge < -0.3 is 14.7 Å². The average Bonchev–Trinajstić information content (AvgIpc) is 2.37. The summed E-state index contributed by atoms with van der Waals surface area (Å²) in [4.78, 5) is 13.8. The van der Waals surface area contributed by atoms with E-state index in [1.165, 1.54) is 24.1 Å². The number of amides is 1. The molecule has 1 aromatic carbocycles. The predicted molar refractivity (Wildman–Crippen MR) is 71.6 cm³/mol. The molecule has 0 saturated carbocycles. The van der Waals surface area contributed by atoms with E-state index < -0.39 is 5.54 Å². The van der Waals surface area contributed by atoms with Gasteiger partial charge in [0.05, 0.1) is 18.2 Å². The van der Waals surface area contributed by atoms with Crippen molar-refractivity contribution in [3.05, 3.63) is 23.8 Å². The van der Waals surface area contributed by atoms with Gasteiger partial charge >= 0.3 is 0 Å². The molecule has 0 heterocycles. The fourth-order valence-corrected chi connectivity index (χ4v) is 1.54. The molecule has 0 radical (unpaired) electrons. The van der Waals surface area contributed by atoms with Crippen LogP contribution in [0.5, 0.6) is 11.5 Å². The Morgan fingerprint density at radius 1 is 1.50 bits per heavy atom. The molecule has 18 heavy (non-hydrogen) atoms. The number of ether oxygens (including phenoxy) is 1. The summed E-state index contributed by atoms with van der Waals surface area (Å²) in [5, 5.41) is 9.75. The normalized spacial score (nSPS) is 11.2. The number of rotatable bonds is 4. The lowest BCUT2D eigenvalue weighted by molar-refractivity contribution is 0.0657. The van der Waals surface area contributed by atoms with E-state index >= 15 is 0 Å². The van der Waals surface area contributed by atoms with E-state index in [1.807, 2.05) is 13.8 Å². The van der Waals surface area contributed by atoms with Crippen molar-refractivity contribution in [2.45, 2.75) is 19.4 Å². The number of phenolic OH excluding ortho intramolecular Hbond substituents is 1. The van der Waals surface area contributed by atoms with E-state index in [2.05, 4.69) is 0 Å². The molecule has 0 spiro atoms. The summed E-state index contributed by atoms with van der Waals surface area (Å²) in [5.41, 5.74) is -0.288. The van der Waals surface area contributed by atoms with Crippen LogP contribution in [-0.2, 0) is 0 Å². The molecular weight excluding hydrogens is 254 g/mol. The summed E-state index contributed by atoms with van der Waals surface area (Å²) in [6.07, 6.45) is 0. The van der Waals surface area contributed by atoms with Gasteiger partial charge in [-0.3, -0.25) is 4.79 Å². The molecule has 1 aromatic rings. The first-order valence-electron chi connectivity index (χ1n) is 5.54. The van der Waals surface area contributed by atoms with Gasteiger partial charge in [0.15, 0.2) is 0 Å². The molecule has 0 aromatic heterocycles. The number of halogens is 1. The second-order valence-electron chi connectivity index (χ2n) is 4.69. The third kappa shape index (κ3) is 2.88. The predicted octanol–water partition coefficient (Wildman–Crippen LogP) is 2.49. The van der Waals surface area contributed by atoms with Crippen molar-refractivity contribution < 1.29 is 14.6 Å². The van der Waals surface area contributed by atoms with Gasteiger partial charge in [0, 0.05) is 12.9 Å². The maximum atomic E-state index is 12.3. The average molecular weight is 272 g/mol. The summed E-state index contributed by atoms with van der Waals surface area (Å²) < 4.78 is 5.04. The Balaban J connectivity index is 3.11. The van der Waals surface area contributed by atoms with Gasteiger partial charge in [0.25, 0.3) is 5.91 Å². The largest absolute Gasteiger partial charge is 0.507 e. The number of nitrogens with zero attached hydrogens (tertiary/aromatic N) is 1. The van der Waals surface area contributed by atoms with Gasteiger partial charge in [-0.05, 0) is 32.0 Å². The number of alkyl halides is 1. The Bertz CT molecular complexity index is 446. The van der Waals surface area contributed by atoms with E-state index in [0.717, 1.165) is 0 Å². The molecule has 0 atom stereocenters. The van der Waals surface area contributed by atoms with Gasteiger partial charge in [-0.15, -0.1) is 11.6 Å². The number of carbonyl (C=O) groups excluding carboxylic acids is 1. The maximum absolute atomic E-state index is 12.3. The summed E-state index contributed by atoms with van der Waals surface area (Å²) >= 11 is 5.84. The van der Waals surface area contributed by atoms with E-state index in [0.29, 0.717) is 11.6 Å². The summed E-state index contributed by atoms with van der Waals surface area (Å²) in [5.74, 6) is 0.461. The Hall–Kier alpha value is -1.42. The minimum absolute atomic E-state index is 0.0713. The zero-order chi connectivity index (χ0) is 13.9. The molecule has 0 fully saturated rings. The molecule has 4 nitrogen and oxygen atoms in total. The van der Waals surface area contributed by atoms with E-state index in [1.54, 1.807) is 13.1 Å². The van der Waals surface area contributed by atoms with Crippen LogP contribution in [0.1, 0.15) is 24.2 Å². The number of carbonyl (C=O) groups is 1. The minimum atomic E-state index is -0.492. The molecule has 0 saturated heterocycles. The van der Waals surface area contributed by atoms with Crippen molar-refractivity contribution in [2.24, 2.45) is 0 Å². The Kier molecular flexibility index (Phi) is 4.46. The minimum Gasteiger partial charge on any atom is -0.507 e. The molecule has 0 aliphatic rings. The monoisotopic (exact) mass is 271 g/mol. The van der Waals surface area contributed by atoms with E-state index in [-0.39, 0.29) is 17.2 Å². The second kappa shape index (κ2) is 5.48. The van der Waals surface area contributed by atoms with Crippen LogP contribution in [0.4, 0.5) is 0 Å². The van der Waals surface area contributed by atoms with Crippen molar-refractivity contribution in [1.82, 2.24) is 4.90 Å². The van der Waals surface area contributed by atoms with Crippen molar-refractivity contribution in [3.8, 4) is 11.5 Å². The van der Waals surface area contributed by atoms with Crippen LogP contribution in [0, 0.1) is 0 Å². The SMILES string of the molecule is COc1ccc(O)c(C(=O)N(C)C(C)(C)CCl)c1. The van der Waals surface area contributed by atoms with Crippen LogP contribution in [0.2, 0.25) is 0 Å². The first-order valence-corrected chi connectivity index (χ1v) is 6.08. The van der Waals surface area contributed by atoms with Crippen LogP contribution in [0.25, 0.3) is 0 Å². The van der Waals surface area contributed by atoms with Crippen molar-refractivity contribution in [3.63, 3.8) is 0 Å². The summed E-state index contributed by atoms with van der Waals surface area (Å²) in [6, 6.07) is 4.55. The Labute approximate surface area is 112 Å². The van der Waals surface area contributed by atoms with Crippen LogP contribution in [-0.4, -0.2) is 41.5 Å². The highest BCUT2D eigenvalue weighted by atomic mass is 35.5. The first kappa shape index (κ1) is 14.6. The van der Waals surface area contributed by atoms with Crippen LogP contribution in [0.15, 0.2) is 18.2 Å². The van der Waals surface area contributed by atoms with Crippen molar-refractivity contribution >= 4 is 17.5 Å². The van der Waals surface area contributed by atoms with Crippen LogP contribution >= 0.6 is 11.6 Å². The highest BCUT2D eigenvalue weighted by Gasteiger charge is 2.28. The maximum Gasteiger partial charge on any atom is 0.257 e. The Morgan fingerprint density at radius 2 is 2.11 bits per heavy atom. The number of benzene rings is 1. The fraction of sp³-hybridized carbons (Fsp3) is 0.462. The molecule has 0 aliphatic carbocycles. The van der Waals surface area contributed by atoms with Gasteiger partial charge in [-0.25, -0.2) is 0 Å². The summed E-state index contributed by atoms with van der Waals surface area (Å²) in [7, 11) is 3.16. The van der Waals surface area contributed by atoms with Crippen molar-refractivity contribution in [2.75, 3.05) is 20.0 Å². The fourth-order valence-electron chi connectivity index (χ4n) is 1.36. The molecule has 0 unspecified atom stereocenters.